The number of hydrogen-bond acceptors (Lipinski definition) is 5. The lowest BCUT2D eigenvalue weighted by Crippen LogP contribution is -2.38. The second-order valence-corrected chi connectivity index (χ2v) is 9.70. The highest BCUT2D eigenvalue weighted by Gasteiger charge is 2.25. The first-order chi connectivity index (χ1) is 15.3. The average molecular weight is 460 g/mol. The molecule has 1 atom stereocenters. The fourth-order valence-corrected chi connectivity index (χ4v) is 5.40. The SMILES string of the molecule is CCN(CC)C(CNS(=O)(=O)c1ccc2c(c1)CCCN2C(C)=O)c1cccc(OC)c1. The lowest BCUT2D eigenvalue weighted by molar-refractivity contribution is -0.116. The van der Waals surface area contributed by atoms with Crippen molar-refractivity contribution in [3.63, 3.8) is 0 Å². The first-order valence-corrected chi connectivity index (χ1v) is 12.6. The van der Waals surface area contributed by atoms with Gasteiger partial charge in [0.15, 0.2) is 0 Å². The van der Waals surface area contributed by atoms with Gasteiger partial charge in [-0.25, -0.2) is 13.1 Å². The fourth-order valence-electron chi connectivity index (χ4n) is 4.31. The summed E-state index contributed by atoms with van der Waals surface area (Å²) in [6, 6.07) is 12.6. The Hall–Kier alpha value is -2.42. The Morgan fingerprint density at radius 2 is 1.94 bits per heavy atom. The summed E-state index contributed by atoms with van der Waals surface area (Å²) in [5.74, 6) is 0.715. The third-order valence-corrected chi connectivity index (χ3v) is 7.48. The second-order valence-electron chi connectivity index (χ2n) is 7.93. The number of benzene rings is 2. The molecule has 0 saturated carbocycles. The summed E-state index contributed by atoms with van der Waals surface area (Å²) in [7, 11) is -2.09. The number of ether oxygens (including phenoxy) is 1. The number of sulfonamides is 1. The normalized spacial score (nSPS) is 14.8. The van der Waals surface area contributed by atoms with Crippen molar-refractivity contribution in [2.45, 2.75) is 44.6 Å². The van der Waals surface area contributed by atoms with Crippen molar-refractivity contribution in [2.24, 2.45) is 0 Å². The highest BCUT2D eigenvalue weighted by atomic mass is 32.2. The summed E-state index contributed by atoms with van der Waals surface area (Å²) in [5.41, 5.74) is 2.70. The zero-order chi connectivity index (χ0) is 23.3. The van der Waals surface area contributed by atoms with Gasteiger partial charge in [0.2, 0.25) is 15.9 Å². The molecule has 2 aromatic rings. The van der Waals surface area contributed by atoms with E-state index in [9.17, 15) is 13.2 Å². The second kappa shape index (κ2) is 10.5. The minimum absolute atomic E-state index is 0.0277. The zero-order valence-electron chi connectivity index (χ0n) is 19.3. The van der Waals surface area contributed by atoms with E-state index in [2.05, 4.69) is 23.5 Å². The Kier molecular flexibility index (Phi) is 7.92. The minimum atomic E-state index is -3.71. The van der Waals surface area contributed by atoms with Crippen LogP contribution in [-0.2, 0) is 21.2 Å². The van der Waals surface area contributed by atoms with Crippen LogP contribution in [0.3, 0.4) is 0 Å². The highest BCUT2D eigenvalue weighted by Crippen LogP contribution is 2.30. The average Bonchev–Trinajstić information content (AvgIpc) is 2.80. The number of rotatable bonds is 9. The number of carbonyl (C=O) groups excluding carboxylic acids is 1. The van der Waals surface area contributed by atoms with Gasteiger partial charge in [0.05, 0.1) is 12.0 Å². The monoisotopic (exact) mass is 459 g/mol. The smallest absolute Gasteiger partial charge is 0.240 e. The Morgan fingerprint density at radius 3 is 2.59 bits per heavy atom. The molecule has 32 heavy (non-hydrogen) atoms. The number of fused-ring (bicyclic) bond motifs is 1. The van der Waals surface area contributed by atoms with E-state index < -0.39 is 10.0 Å². The molecular weight excluding hydrogens is 426 g/mol. The van der Waals surface area contributed by atoms with Crippen molar-refractivity contribution < 1.29 is 17.9 Å². The number of anilines is 1. The van der Waals surface area contributed by atoms with Gasteiger partial charge in [0.1, 0.15) is 5.75 Å². The van der Waals surface area contributed by atoms with Gasteiger partial charge in [-0.2, -0.15) is 0 Å². The largest absolute Gasteiger partial charge is 0.497 e. The number of aryl methyl sites for hydroxylation is 1. The van der Waals surface area contributed by atoms with E-state index in [1.54, 1.807) is 30.2 Å². The molecule has 7 nitrogen and oxygen atoms in total. The van der Waals surface area contributed by atoms with Gasteiger partial charge in [-0.3, -0.25) is 9.69 Å². The number of amides is 1. The van der Waals surface area contributed by atoms with Crippen LogP contribution in [0.5, 0.6) is 5.75 Å². The summed E-state index contributed by atoms with van der Waals surface area (Å²) in [6.07, 6.45) is 1.58. The Balaban J connectivity index is 1.84. The molecule has 1 heterocycles. The van der Waals surface area contributed by atoms with Crippen LogP contribution in [-0.4, -0.2) is 52.5 Å². The first kappa shape index (κ1) is 24.2. The molecule has 1 aliphatic rings. The van der Waals surface area contributed by atoms with Crippen LogP contribution < -0.4 is 14.4 Å². The molecule has 0 aromatic heterocycles. The first-order valence-electron chi connectivity index (χ1n) is 11.1. The molecule has 174 valence electrons. The zero-order valence-corrected chi connectivity index (χ0v) is 20.1. The summed E-state index contributed by atoms with van der Waals surface area (Å²) in [5, 5.41) is 0. The van der Waals surface area contributed by atoms with Crippen molar-refractivity contribution in [2.75, 3.05) is 38.2 Å². The van der Waals surface area contributed by atoms with Crippen LogP contribution in [0.25, 0.3) is 0 Å². The summed E-state index contributed by atoms with van der Waals surface area (Å²) < 4.78 is 34.5. The van der Waals surface area contributed by atoms with E-state index in [0.29, 0.717) is 6.54 Å². The molecule has 3 rings (SSSR count). The molecular formula is C24H33N3O4S. The Bertz CT molecular complexity index is 1050. The molecule has 0 bridgehead atoms. The standard InChI is InChI=1S/C24H33N3O4S/c1-5-26(6-2)24(19-9-7-11-21(15-19)31-4)17-25-32(29,30)22-12-13-23-20(16-22)10-8-14-27(23)18(3)28/h7,9,11-13,15-16,24-25H,5-6,8,10,14,17H2,1-4H3. The van der Waals surface area contributed by atoms with Crippen molar-refractivity contribution in [3.8, 4) is 5.75 Å². The van der Waals surface area contributed by atoms with E-state index in [4.69, 9.17) is 4.74 Å². The maximum Gasteiger partial charge on any atom is 0.240 e. The minimum Gasteiger partial charge on any atom is -0.497 e. The molecule has 8 heteroatoms. The van der Waals surface area contributed by atoms with Crippen molar-refractivity contribution in [1.29, 1.82) is 0 Å². The maximum atomic E-state index is 13.2. The maximum absolute atomic E-state index is 13.2. The quantitative estimate of drug-likeness (QED) is 0.622. The van der Waals surface area contributed by atoms with Gasteiger partial charge in [0, 0.05) is 31.7 Å². The van der Waals surface area contributed by atoms with Crippen LogP contribution in [0.4, 0.5) is 5.69 Å². The molecule has 1 unspecified atom stereocenters. The van der Waals surface area contributed by atoms with Gasteiger partial charge in [0.25, 0.3) is 0 Å². The van der Waals surface area contributed by atoms with Crippen molar-refractivity contribution in [1.82, 2.24) is 9.62 Å². The van der Waals surface area contributed by atoms with Gasteiger partial charge in [-0.05, 0) is 67.4 Å². The van der Waals surface area contributed by atoms with E-state index in [1.807, 2.05) is 24.3 Å². The van der Waals surface area contributed by atoms with E-state index in [0.717, 1.165) is 48.5 Å². The fraction of sp³-hybridized carbons (Fsp3) is 0.458. The molecule has 1 N–H and O–H groups in total. The Labute approximate surface area is 191 Å². The van der Waals surface area contributed by atoms with Crippen LogP contribution in [0.2, 0.25) is 0 Å². The summed E-state index contributed by atoms with van der Waals surface area (Å²) >= 11 is 0. The lowest BCUT2D eigenvalue weighted by Gasteiger charge is -2.31. The van der Waals surface area contributed by atoms with Crippen LogP contribution in [0.15, 0.2) is 47.4 Å². The van der Waals surface area contributed by atoms with E-state index >= 15 is 0 Å². The summed E-state index contributed by atoms with van der Waals surface area (Å²) in [4.78, 5) is 16.1. The van der Waals surface area contributed by atoms with E-state index in [-0.39, 0.29) is 23.4 Å². The highest BCUT2D eigenvalue weighted by molar-refractivity contribution is 7.89. The van der Waals surface area contributed by atoms with Gasteiger partial charge in [-0.1, -0.05) is 26.0 Å². The van der Waals surface area contributed by atoms with Crippen LogP contribution >= 0.6 is 0 Å². The van der Waals surface area contributed by atoms with Gasteiger partial charge in [-0.15, -0.1) is 0 Å². The lowest BCUT2D eigenvalue weighted by atomic mass is 10.0. The molecule has 0 saturated heterocycles. The number of carbonyl (C=O) groups is 1. The van der Waals surface area contributed by atoms with Gasteiger partial charge < -0.3 is 9.64 Å². The predicted octanol–water partition coefficient (Wildman–Crippen LogP) is 3.36. The third-order valence-electron chi connectivity index (χ3n) is 6.06. The number of hydrogen-bond donors (Lipinski definition) is 1. The molecule has 2 aromatic carbocycles. The number of likely N-dealkylation sites (N-methyl/N-ethyl adjacent to an activating group) is 1. The molecule has 1 amide bonds. The van der Waals surface area contributed by atoms with Crippen molar-refractivity contribution >= 4 is 21.6 Å². The molecule has 0 spiro atoms. The molecule has 0 aliphatic carbocycles. The molecule has 0 fully saturated rings. The number of nitrogens with zero attached hydrogens (tertiary/aromatic N) is 2. The van der Waals surface area contributed by atoms with E-state index in [1.165, 1.54) is 6.92 Å². The van der Waals surface area contributed by atoms with Gasteiger partial charge >= 0.3 is 0 Å². The van der Waals surface area contributed by atoms with Crippen LogP contribution in [0, 0.1) is 0 Å². The molecule has 1 aliphatic heterocycles. The van der Waals surface area contributed by atoms with Crippen LogP contribution in [0.1, 0.15) is 44.4 Å². The topological polar surface area (TPSA) is 79.0 Å². The summed E-state index contributed by atoms with van der Waals surface area (Å²) in [6.45, 7) is 8.16. The number of methoxy groups -OCH3 is 1. The predicted molar refractivity (Wildman–Crippen MR) is 127 cm³/mol. The molecule has 0 radical (unpaired) electrons. The third kappa shape index (κ3) is 5.31. The Morgan fingerprint density at radius 1 is 1.19 bits per heavy atom. The van der Waals surface area contributed by atoms with Crippen molar-refractivity contribution in [3.05, 3.63) is 53.6 Å². The number of nitrogens with one attached hydrogen (secondary N) is 1.